The number of aryl methyl sites for hydroxylation is 1. The highest BCUT2D eigenvalue weighted by molar-refractivity contribution is 7.16. The number of anilines is 1. The molecule has 0 atom stereocenters. The van der Waals surface area contributed by atoms with E-state index < -0.39 is 5.97 Å². The molecule has 0 aliphatic carbocycles. The van der Waals surface area contributed by atoms with E-state index in [2.05, 4.69) is 5.32 Å². The number of benzene rings is 1. The number of esters is 1. The summed E-state index contributed by atoms with van der Waals surface area (Å²) in [4.78, 5) is 25.3. The zero-order valence-electron chi connectivity index (χ0n) is 13.1. The van der Waals surface area contributed by atoms with Gasteiger partial charge in [0.25, 0.3) is 0 Å². The van der Waals surface area contributed by atoms with Crippen molar-refractivity contribution in [3.05, 3.63) is 52.0 Å². The number of nitrogens with zero attached hydrogens (tertiary/aromatic N) is 1. The summed E-state index contributed by atoms with van der Waals surface area (Å²) < 4.78 is 6.47. The van der Waals surface area contributed by atoms with Crippen LogP contribution < -0.4 is 5.32 Å². The highest BCUT2D eigenvalue weighted by atomic mass is 35.5. The highest BCUT2D eigenvalue weighted by Crippen LogP contribution is 2.26. The molecule has 0 bridgehead atoms. The Morgan fingerprint density at radius 3 is 2.83 bits per heavy atom. The Morgan fingerprint density at radius 1 is 1.29 bits per heavy atom. The first-order chi connectivity index (χ1) is 11.5. The molecule has 0 saturated heterocycles. The Labute approximate surface area is 147 Å². The molecule has 2 heterocycles. The molecule has 0 aliphatic heterocycles. The van der Waals surface area contributed by atoms with E-state index in [1.165, 1.54) is 18.4 Å². The third kappa shape index (κ3) is 3.16. The predicted molar refractivity (Wildman–Crippen MR) is 96.0 cm³/mol. The van der Waals surface area contributed by atoms with Crippen molar-refractivity contribution in [1.82, 2.24) is 4.57 Å². The summed E-state index contributed by atoms with van der Waals surface area (Å²) in [5.41, 5.74) is 1.92. The van der Waals surface area contributed by atoms with Gasteiger partial charge in [-0.3, -0.25) is 4.79 Å². The number of hydrogen-bond donors (Lipinski definition) is 1. The van der Waals surface area contributed by atoms with Gasteiger partial charge in [0.2, 0.25) is 5.91 Å². The summed E-state index contributed by atoms with van der Waals surface area (Å²) >= 11 is 7.45. The second-order valence-electron chi connectivity index (χ2n) is 5.30. The van der Waals surface area contributed by atoms with Crippen LogP contribution in [0.1, 0.15) is 16.1 Å². The molecule has 1 N–H and O–H groups in total. The van der Waals surface area contributed by atoms with Crippen molar-refractivity contribution < 1.29 is 14.3 Å². The minimum absolute atomic E-state index is 0.0143. The Bertz CT molecular complexity index is 929. The van der Waals surface area contributed by atoms with Crippen LogP contribution >= 0.6 is 22.9 Å². The lowest BCUT2D eigenvalue weighted by Gasteiger charge is -2.11. The number of thiophene rings is 1. The number of halogens is 1. The summed E-state index contributed by atoms with van der Waals surface area (Å²) in [5, 5.41) is 6.21. The molecule has 0 radical (unpaired) electrons. The van der Waals surface area contributed by atoms with Crippen molar-refractivity contribution in [2.24, 2.45) is 0 Å². The van der Waals surface area contributed by atoms with Gasteiger partial charge in [0, 0.05) is 16.1 Å². The lowest BCUT2D eigenvalue weighted by atomic mass is 10.2. The van der Waals surface area contributed by atoms with Crippen molar-refractivity contribution in [2.75, 3.05) is 12.4 Å². The van der Waals surface area contributed by atoms with E-state index in [4.69, 9.17) is 16.3 Å². The molecule has 0 saturated carbocycles. The minimum atomic E-state index is -0.467. The average Bonchev–Trinajstić information content (AvgIpc) is 3.13. The minimum Gasteiger partial charge on any atom is -0.464 e. The van der Waals surface area contributed by atoms with E-state index in [1.54, 1.807) is 22.8 Å². The fourth-order valence-electron chi connectivity index (χ4n) is 2.47. The number of carbonyl (C=O) groups is 2. The van der Waals surface area contributed by atoms with Crippen LogP contribution in [0.15, 0.2) is 35.7 Å². The van der Waals surface area contributed by atoms with Crippen molar-refractivity contribution in [3.63, 3.8) is 0 Å². The number of nitrogens with one attached hydrogen (secondary N) is 1. The maximum atomic E-state index is 12.4. The second-order valence-corrected chi connectivity index (χ2v) is 6.63. The third-order valence-corrected chi connectivity index (χ3v) is 4.86. The van der Waals surface area contributed by atoms with Crippen LogP contribution in [0, 0.1) is 6.92 Å². The molecule has 0 aliphatic rings. The largest absolute Gasteiger partial charge is 0.464 e. The van der Waals surface area contributed by atoms with E-state index >= 15 is 0 Å². The van der Waals surface area contributed by atoms with Gasteiger partial charge in [-0.2, -0.15) is 0 Å². The van der Waals surface area contributed by atoms with Gasteiger partial charge in [-0.05, 0) is 42.1 Å². The lowest BCUT2D eigenvalue weighted by molar-refractivity contribution is -0.116. The van der Waals surface area contributed by atoms with Crippen molar-refractivity contribution in [2.45, 2.75) is 13.5 Å². The van der Waals surface area contributed by atoms with Crippen LogP contribution in [0.4, 0.5) is 5.69 Å². The SMILES string of the molecule is COC(=O)c1cc2ccsc2n1CC(=O)Nc1cc(Cl)ccc1C. The molecule has 24 heavy (non-hydrogen) atoms. The second kappa shape index (κ2) is 6.67. The quantitative estimate of drug-likeness (QED) is 0.711. The van der Waals surface area contributed by atoms with Crippen LogP contribution in [-0.2, 0) is 16.1 Å². The molecule has 3 rings (SSSR count). The van der Waals surface area contributed by atoms with Gasteiger partial charge < -0.3 is 14.6 Å². The Morgan fingerprint density at radius 2 is 2.08 bits per heavy atom. The summed E-state index contributed by atoms with van der Waals surface area (Å²) in [6.07, 6.45) is 0. The van der Waals surface area contributed by atoms with Crippen LogP contribution in [0.2, 0.25) is 5.02 Å². The summed E-state index contributed by atoms with van der Waals surface area (Å²) in [6, 6.07) is 8.94. The van der Waals surface area contributed by atoms with Gasteiger partial charge in [-0.15, -0.1) is 11.3 Å². The first-order valence-corrected chi connectivity index (χ1v) is 8.46. The Balaban J connectivity index is 1.88. The van der Waals surface area contributed by atoms with E-state index in [1.807, 2.05) is 24.4 Å². The topological polar surface area (TPSA) is 60.3 Å². The van der Waals surface area contributed by atoms with Crippen LogP contribution in [-0.4, -0.2) is 23.6 Å². The van der Waals surface area contributed by atoms with Gasteiger partial charge >= 0.3 is 5.97 Å². The fraction of sp³-hybridized carbons (Fsp3) is 0.176. The number of aromatic nitrogens is 1. The van der Waals surface area contributed by atoms with E-state index in [0.717, 1.165) is 15.8 Å². The molecule has 7 heteroatoms. The number of methoxy groups -OCH3 is 1. The molecule has 0 fully saturated rings. The maximum absolute atomic E-state index is 12.4. The number of carbonyl (C=O) groups excluding carboxylic acids is 2. The van der Waals surface area contributed by atoms with Gasteiger partial charge in [0.1, 0.15) is 17.1 Å². The molecule has 0 unspecified atom stereocenters. The van der Waals surface area contributed by atoms with E-state index in [9.17, 15) is 9.59 Å². The van der Waals surface area contributed by atoms with Crippen LogP contribution in [0.5, 0.6) is 0 Å². The zero-order valence-corrected chi connectivity index (χ0v) is 14.7. The molecular formula is C17H15ClN2O3S. The van der Waals surface area contributed by atoms with Crippen molar-refractivity contribution in [1.29, 1.82) is 0 Å². The third-order valence-electron chi connectivity index (χ3n) is 3.67. The summed E-state index contributed by atoms with van der Waals surface area (Å²) in [6.45, 7) is 1.90. The van der Waals surface area contributed by atoms with E-state index in [-0.39, 0.29) is 12.5 Å². The number of fused-ring (bicyclic) bond motifs is 1. The van der Waals surface area contributed by atoms with Crippen LogP contribution in [0.3, 0.4) is 0 Å². The zero-order chi connectivity index (χ0) is 17.3. The number of rotatable bonds is 4. The van der Waals surface area contributed by atoms with Gasteiger partial charge in [0.05, 0.1) is 7.11 Å². The molecular weight excluding hydrogens is 348 g/mol. The standard InChI is InChI=1S/C17H15ClN2O3S/c1-10-3-4-12(18)8-13(10)19-15(21)9-20-14(17(22)23-2)7-11-5-6-24-16(11)20/h3-8H,9H2,1-2H3,(H,19,21). The van der Waals surface area contributed by atoms with Crippen molar-refractivity contribution >= 4 is 50.7 Å². The Kier molecular flexibility index (Phi) is 4.59. The summed E-state index contributed by atoms with van der Waals surface area (Å²) in [7, 11) is 1.32. The van der Waals surface area contributed by atoms with Crippen LogP contribution in [0.25, 0.3) is 10.2 Å². The van der Waals surface area contributed by atoms with E-state index in [0.29, 0.717) is 16.4 Å². The fourth-order valence-corrected chi connectivity index (χ4v) is 3.54. The molecule has 124 valence electrons. The predicted octanol–water partition coefficient (Wildman–Crippen LogP) is 4.09. The molecule has 1 amide bonds. The monoisotopic (exact) mass is 362 g/mol. The first-order valence-electron chi connectivity index (χ1n) is 7.20. The average molecular weight is 363 g/mol. The maximum Gasteiger partial charge on any atom is 0.354 e. The highest BCUT2D eigenvalue weighted by Gasteiger charge is 2.19. The molecule has 2 aromatic heterocycles. The summed E-state index contributed by atoms with van der Waals surface area (Å²) in [5.74, 6) is -0.707. The normalized spacial score (nSPS) is 10.8. The number of amides is 1. The first kappa shape index (κ1) is 16.5. The number of ether oxygens (including phenoxy) is 1. The molecule has 5 nitrogen and oxygen atoms in total. The van der Waals surface area contributed by atoms with Gasteiger partial charge in [-0.25, -0.2) is 4.79 Å². The Hall–Kier alpha value is -2.31. The number of hydrogen-bond acceptors (Lipinski definition) is 4. The molecule has 0 spiro atoms. The van der Waals surface area contributed by atoms with Crippen molar-refractivity contribution in [3.8, 4) is 0 Å². The van der Waals surface area contributed by atoms with Gasteiger partial charge in [-0.1, -0.05) is 17.7 Å². The smallest absolute Gasteiger partial charge is 0.354 e. The lowest BCUT2D eigenvalue weighted by Crippen LogP contribution is -2.21. The van der Waals surface area contributed by atoms with Gasteiger partial charge in [0.15, 0.2) is 0 Å². The molecule has 1 aromatic carbocycles. The molecule has 3 aromatic rings.